The molecule has 0 radical (unpaired) electrons. The number of hydrogen-bond donors (Lipinski definition) is 2. The molecule has 10 heteroatoms. The molecule has 2 aliphatic rings. The van der Waals surface area contributed by atoms with Gasteiger partial charge in [-0.2, -0.15) is 5.10 Å². The fourth-order valence-electron chi connectivity index (χ4n) is 5.07. The zero-order valence-electron chi connectivity index (χ0n) is 18.5. The lowest BCUT2D eigenvalue weighted by molar-refractivity contribution is -0.147. The Bertz CT molecular complexity index is 1340. The van der Waals surface area contributed by atoms with Crippen molar-refractivity contribution in [1.29, 1.82) is 0 Å². The van der Waals surface area contributed by atoms with Crippen LogP contribution in [0.1, 0.15) is 30.7 Å². The zero-order valence-corrected chi connectivity index (χ0v) is 19.4. The number of rotatable bonds is 3. The van der Waals surface area contributed by atoms with Crippen LogP contribution in [0.3, 0.4) is 0 Å². The molecule has 33 heavy (non-hydrogen) atoms. The van der Waals surface area contributed by atoms with E-state index < -0.39 is 0 Å². The minimum Gasteiger partial charge on any atom is -0.372 e. The number of morpholine rings is 1. The second-order valence-electron chi connectivity index (χ2n) is 9.00. The van der Waals surface area contributed by atoms with Crippen LogP contribution in [0.4, 0.5) is 11.5 Å². The van der Waals surface area contributed by atoms with Crippen LogP contribution in [0.5, 0.6) is 0 Å². The number of thiophene rings is 1. The molecule has 170 valence electrons. The van der Waals surface area contributed by atoms with Crippen molar-refractivity contribution in [2.24, 2.45) is 5.92 Å². The Morgan fingerprint density at radius 1 is 1.21 bits per heavy atom. The summed E-state index contributed by atoms with van der Waals surface area (Å²) in [5.74, 6) is 1.05. The minimum atomic E-state index is 0.0140. The van der Waals surface area contributed by atoms with Crippen molar-refractivity contribution in [3.63, 3.8) is 0 Å². The Morgan fingerprint density at radius 3 is 2.91 bits per heavy atom. The summed E-state index contributed by atoms with van der Waals surface area (Å²) in [6.45, 7) is 5.42. The quantitative estimate of drug-likeness (QED) is 0.479. The van der Waals surface area contributed by atoms with Crippen LogP contribution in [0.15, 0.2) is 24.8 Å². The van der Waals surface area contributed by atoms with Crippen LogP contribution >= 0.6 is 11.3 Å². The summed E-state index contributed by atoms with van der Waals surface area (Å²) in [4.78, 5) is 31.0. The average molecular weight is 464 g/mol. The van der Waals surface area contributed by atoms with Gasteiger partial charge in [0.05, 0.1) is 35.7 Å². The molecule has 0 unspecified atom stereocenters. The summed E-state index contributed by atoms with van der Waals surface area (Å²) in [7, 11) is 0. The number of carbonyl (C=O) groups excluding carboxylic acids is 1. The van der Waals surface area contributed by atoms with Gasteiger partial charge in [0.25, 0.3) is 0 Å². The van der Waals surface area contributed by atoms with Crippen LogP contribution in [0, 0.1) is 5.92 Å². The number of aromatic amines is 1. The Labute approximate surface area is 194 Å². The first-order chi connectivity index (χ1) is 16.0. The molecule has 2 N–H and O–H groups in total. The molecule has 1 aliphatic heterocycles. The number of nitrogens with one attached hydrogen (secondary N) is 2. The number of nitrogens with zero attached hydrogens (tertiary/aromatic N) is 5. The monoisotopic (exact) mass is 463 g/mol. The van der Waals surface area contributed by atoms with Gasteiger partial charge >= 0.3 is 0 Å². The SMILES string of the molecule is C[C@@H]1CN(C(=O)[C@H]2CCc3c(sc4ncnc(Nc5cnc6[nH]ncc6c5)c34)C2)C[C@H](C)O1. The van der Waals surface area contributed by atoms with Crippen LogP contribution in [-0.2, 0) is 22.4 Å². The third-order valence-corrected chi connectivity index (χ3v) is 7.64. The van der Waals surface area contributed by atoms with Gasteiger partial charge in [0.2, 0.25) is 5.91 Å². The van der Waals surface area contributed by atoms with Crippen molar-refractivity contribution in [2.75, 3.05) is 18.4 Å². The number of fused-ring (bicyclic) bond motifs is 4. The van der Waals surface area contributed by atoms with Gasteiger partial charge in [0, 0.05) is 29.3 Å². The molecule has 0 spiro atoms. The van der Waals surface area contributed by atoms with Crippen LogP contribution in [0.25, 0.3) is 21.3 Å². The van der Waals surface area contributed by atoms with Gasteiger partial charge in [-0.05, 0) is 44.7 Å². The second-order valence-corrected chi connectivity index (χ2v) is 10.1. The van der Waals surface area contributed by atoms with E-state index in [1.54, 1.807) is 30.1 Å². The van der Waals surface area contributed by atoms with Crippen LogP contribution < -0.4 is 5.32 Å². The smallest absolute Gasteiger partial charge is 0.226 e. The molecule has 0 saturated carbocycles. The first kappa shape index (κ1) is 20.5. The fraction of sp³-hybridized carbons (Fsp3) is 0.435. The van der Waals surface area contributed by atoms with Gasteiger partial charge in [-0.25, -0.2) is 15.0 Å². The fourth-order valence-corrected chi connectivity index (χ4v) is 6.34. The minimum absolute atomic E-state index is 0.0140. The van der Waals surface area contributed by atoms with E-state index in [2.05, 4.69) is 30.5 Å². The largest absolute Gasteiger partial charge is 0.372 e. The van der Waals surface area contributed by atoms with Gasteiger partial charge < -0.3 is 15.0 Å². The topological polar surface area (TPSA) is 109 Å². The Hall–Kier alpha value is -3.11. The van der Waals surface area contributed by atoms with Crippen LogP contribution in [-0.4, -0.2) is 61.3 Å². The lowest BCUT2D eigenvalue weighted by Gasteiger charge is -2.37. The van der Waals surface area contributed by atoms with E-state index in [0.717, 1.165) is 52.0 Å². The molecule has 6 rings (SSSR count). The molecule has 0 aromatic carbocycles. The number of aryl methyl sites for hydroxylation is 1. The molecular weight excluding hydrogens is 438 g/mol. The maximum absolute atomic E-state index is 13.3. The highest BCUT2D eigenvalue weighted by molar-refractivity contribution is 7.19. The number of hydrogen-bond acceptors (Lipinski definition) is 8. The van der Waals surface area contributed by atoms with E-state index >= 15 is 0 Å². The number of carbonyl (C=O) groups is 1. The van der Waals surface area contributed by atoms with E-state index in [1.165, 1.54) is 10.4 Å². The van der Waals surface area contributed by atoms with Gasteiger partial charge in [0.15, 0.2) is 5.65 Å². The zero-order chi connectivity index (χ0) is 22.5. The van der Waals surface area contributed by atoms with Crippen molar-refractivity contribution in [2.45, 2.75) is 45.3 Å². The summed E-state index contributed by atoms with van der Waals surface area (Å²) >= 11 is 1.68. The first-order valence-corrected chi connectivity index (χ1v) is 12.1. The predicted molar refractivity (Wildman–Crippen MR) is 127 cm³/mol. The molecule has 1 amide bonds. The van der Waals surface area contributed by atoms with Crippen molar-refractivity contribution in [1.82, 2.24) is 30.0 Å². The first-order valence-electron chi connectivity index (χ1n) is 11.3. The van der Waals surface area contributed by atoms with Gasteiger partial charge in [0.1, 0.15) is 17.0 Å². The summed E-state index contributed by atoms with van der Waals surface area (Å²) in [6, 6.07) is 2.00. The lowest BCUT2D eigenvalue weighted by atomic mass is 9.86. The van der Waals surface area contributed by atoms with Crippen molar-refractivity contribution in [3.05, 3.63) is 35.2 Å². The molecule has 4 aromatic rings. The predicted octanol–water partition coefficient (Wildman–Crippen LogP) is 3.45. The molecule has 0 bridgehead atoms. The van der Waals surface area contributed by atoms with E-state index in [-0.39, 0.29) is 24.0 Å². The highest BCUT2D eigenvalue weighted by atomic mass is 32.1. The number of ether oxygens (including phenoxy) is 1. The van der Waals surface area contributed by atoms with E-state index in [9.17, 15) is 4.79 Å². The highest BCUT2D eigenvalue weighted by Crippen LogP contribution is 2.41. The van der Waals surface area contributed by atoms with Crippen molar-refractivity contribution < 1.29 is 9.53 Å². The summed E-state index contributed by atoms with van der Waals surface area (Å²) in [5.41, 5.74) is 2.87. The summed E-state index contributed by atoms with van der Waals surface area (Å²) < 4.78 is 5.81. The molecule has 1 aliphatic carbocycles. The van der Waals surface area contributed by atoms with Gasteiger partial charge in [-0.15, -0.1) is 11.3 Å². The Morgan fingerprint density at radius 2 is 2.06 bits per heavy atom. The maximum Gasteiger partial charge on any atom is 0.226 e. The maximum atomic E-state index is 13.3. The van der Waals surface area contributed by atoms with Crippen molar-refractivity contribution >= 4 is 50.0 Å². The Kier molecular flexibility index (Phi) is 4.99. The number of H-pyrrole nitrogens is 1. The molecule has 4 aromatic heterocycles. The second kappa shape index (κ2) is 8.03. The van der Waals surface area contributed by atoms with E-state index in [0.29, 0.717) is 13.1 Å². The average Bonchev–Trinajstić information content (AvgIpc) is 3.41. The van der Waals surface area contributed by atoms with Gasteiger partial charge in [-0.3, -0.25) is 9.89 Å². The molecule has 3 atom stereocenters. The molecule has 9 nitrogen and oxygen atoms in total. The standard InChI is InChI=1S/C23H25N7O2S/c1-12-9-30(10-13(2)32-12)23(31)14-3-4-17-18(6-14)33-22-19(17)21(25-11-26-22)28-16-5-15-7-27-29-20(15)24-8-16/h5,7-8,11-14H,3-4,6,9-10H2,1-2H3,(H,24,27,29)(H,25,26,28)/t12-,13+,14-/m0/s1. The van der Waals surface area contributed by atoms with Gasteiger partial charge in [-0.1, -0.05) is 0 Å². The number of pyridine rings is 1. The number of amides is 1. The summed E-state index contributed by atoms with van der Waals surface area (Å²) in [5, 5.41) is 12.3. The lowest BCUT2D eigenvalue weighted by Crippen LogP contribution is -2.50. The van der Waals surface area contributed by atoms with Crippen LogP contribution in [0.2, 0.25) is 0 Å². The molecule has 5 heterocycles. The molecule has 1 saturated heterocycles. The van der Waals surface area contributed by atoms with E-state index in [1.807, 2.05) is 24.8 Å². The highest BCUT2D eigenvalue weighted by Gasteiger charge is 2.34. The number of anilines is 2. The normalized spacial score (nSPS) is 23.1. The van der Waals surface area contributed by atoms with Crippen molar-refractivity contribution in [3.8, 4) is 0 Å². The molecule has 1 fully saturated rings. The number of aromatic nitrogens is 5. The molecular formula is C23H25N7O2S. The summed E-state index contributed by atoms with van der Waals surface area (Å²) in [6.07, 6.45) is 7.74. The Balaban J connectivity index is 1.27. The third-order valence-electron chi connectivity index (χ3n) is 6.48. The van der Waals surface area contributed by atoms with E-state index in [4.69, 9.17) is 4.74 Å². The third kappa shape index (κ3) is 3.72.